The van der Waals surface area contributed by atoms with Crippen molar-refractivity contribution in [3.8, 4) is 0 Å². The molecule has 1 aromatic heterocycles. The normalized spacial score (nSPS) is 17.0. The van der Waals surface area contributed by atoms with Crippen LogP contribution in [0, 0.1) is 0 Å². The molecule has 1 aliphatic rings. The average Bonchev–Trinajstić information content (AvgIpc) is 3.05. The molecule has 1 aromatic carbocycles. The molecule has 2 heterocycles. The SMILES string of the molecule is CN1CCN(C(=O)Cc2csc(C(N)Cc3ccccc3)n2)CC1. The molecule has 6 heteroatoms. The minimum Gasteiger partial charge on any atom is -0.340 e. The van der Waals surface area contributed by atoms with Crippen LogP contribution in [-0.2, 0) is 17.6 Å². The lowest BCUT2D eigenvalue weighted by atomic mass is 10.1. The number of hydrogen-bond donors (Lipinski definition) is 1. The lowest BCUT2D eigenvalue weighted by Crippen LogP contribution is -2.47. The van der Waals surface area contributed by atoms with Gasteiger partial charge in [0.15, 0.2) is 0 Å². The summed E-state index contributed by atoms with van der Waals surface area (Å²) in [5.41, 5.74) is 8.32. The molecule has 2 N–H and O–H groups in total. The number of carbonyl (C=O) groups excluding carboxylic acids is 1. The summed E-state index contributed by atoms with van der Waals surface area (Å²) in [5.74, 6) is 0.164. The summed E-state index contributed by atoms with van der Waals surface area (Å²) in [6.45, 7) is 3.49. The first-order chi connectivity index (χ1) is 11.6. The Morgan fingerprint density at radius 3 is 2.67 bits per heavy atom. The van der Waals surface area contributed by atoms with Crippen molar-refractivity contribution in [1.82, 2.24) is 14.8 Å². The van der Waals surface area contributed by atoms with E-state index in [4.69, 9.17) is 5.73 Å². The van der Waals surface area contributed by atoms with Crippen LogP contribution in [0.1, 0.15) is 22.3 Å². The van der Waals surface area contributed by atoms with Crippen molar-refractivity contribution in [3.63, 3.8) is 0 Å². The number of aromatic nitrogens is 1. The van der Waals surface area contributed by atoms with Gasteiger partial charge in [0.2, 0.25) is 5.91 Å². The average molecular weight is 344 g/mol. The van der Waals surface area contributed by atoms with E-state index in [1.165, 1.54) is 5.56 Å². The van der Waals surface area contributed by atoms with Crippen LogP contribution in [0.2, 0.25) is 0 Å². The predicted octanol–water partition coefficient (Wildman–Crippen LogP) is 1.70. The minimum absolute atomic E-state index is 0.120. The number of amides is 1. The summed E-state index contributed by atoms with van der Waals surface area (Å²) in [4.78, 5) is 21.2. The maximum atomic E-state index is 12.4. The van der Waals surface area contributed by atoms with Crippen LogP contribution in [-0.4, -0.2) is 53.9 Å². The zero-order valence-corrected chi connectivity index (χ0v) is 14.8. The van der Waals surface area contributed by atoms with Gasteiger partial charge in [-0.05, 0) is 19.0 Å². The molecule has 1 unspecified atom stereocenters. The van der Waals surface area contributed by atoms with Gasteiger partial charge in [-0.1, -0.05) is 30.3 Å². The Labute approximate surface area is 147 Å². The molecule has 24 heavy (non-hydrogen) atoms. The first-order valence-corrected chi connectivity index (χ1v) is 9.20. The van der Waals surface area contributed by atoms with Crippen molar-refractivity contribution in [3.05, 3.63) is 52.0 Å². The summed E-state index contributed by atoms with van der Waals surface area (Å²) in [5, 5.41) is 2.87. The van der Waals surface area contributed by atoms with Gasteiger partial charge in [-0.3, -0.25) is 4.79 Å². The number of hydrogen-bond acceptors (Lipinski definition) is 5. The van der Waals surface area contributed by atoms with E-state index in [0.29, 0.717) is 6.42 Å². The van der Waals surface area contributed by atoms with E-state index in [9.17, 15) is 4.79 Å². The van der Waals surface area contributed by atoms with Crippen LogP contribution in [0.4, 0.5) is 0 Å². The van der Waals surface area contributed by atoms with Crippen molar-refractivity contribution < 1.29 is 4.79 Å². The monoisotopic (exact) mass is 344 g/mol. The van der Waals surface area contributed by atoms with E-state index in [1.54, 1.807) is 11.3 Å². The molecule has 3 rings (SSSR count). The highest BCUT2D eigenvalue weighted by Gasteiger charge is 2.20. The lowest BCUT2D eigenvalue weighted by Gasteiger charge is -2.32. The van der Waals surface area contributed by atoms with Crippen LogP contribution < -0.4 is 5.73 Å². The number of benzene rings is 1. The minimum atomic E-state index is -0.120. The fraction of sp³-hybridized carbons (Fsp3) is 0.444. The third-order valence-electron chi connectivity index (χ3n) is 4.37. The van der Waals surface area contributed by atoms with E-state index in [-0.39, 0.29) is 11.9 Å². The molecule has 1 atom stereocenters. The molecule has 2 aromatic rings. The van der Waals surface area contributed by atoms with Crippen molar-refractivity contribution in [2.24, 2.45) is 5.73 Å². The highest BCUT2D eigenvalue weighted by Crippen LogP contribution is 2.21. The van der Waals surface area contributed by atoms with Gasteiger partial charge in [0, 0.05) is 31.6 Å². The molecular formula is C18H24N4OS. The molecule has 128 valence electrons. The van der Waals surface area contributed by atoms with Gasteiger partial charge >= 0.3 is 0 Å². The largest absolute Gasteiger partial charge is 0.340 e. The Hall–Kier alpha value is -1.76. The van der Waals surface area contributed by atoms with Gasteiger partial charge in [-0.15, -0.1) is 11.3 Å². The van der Waals surface area contributed by atoms with Crippen LogP contribution in [0.5, 0.6) is 0 Å². The molecule has 0 radical (unpaired) electrons. The quantitative estimate of drug-likeness (QED) is 0.897. The Balaban J connectivity index is 1.56. The van der Waals surface area contributed by atoms with Crippen LogP contribution >= 0.6 is 11.3 Å². The smallest absolute Gasteiger partial charge is 0.228 e. The van der Waals surface area contributed by atoms with Gasteiger partial charge in [0.1, 0.15) is 5.01 Å². The summed E-state index contributed by atoms with van der Waals surface area (Å²) >= 11 is 1.55. The van der Waals surface area contributed by atoms with Crippen LogP contribution in [0.25, 0.3) is 0 Å². The molecule has 1 amide bonds. The van der Waals surface area contributed by atoms with Crippen molar-refractivity contribution in [1.29, 1.82) is 0 Å². The number of piperazine rings is 1. The zero-order chi connectivity index (χ0) is 16.9. The maximum absolute atomic E-state index is 12.4. The molecule has 0 saturated carbocycles. The summed E-state index contributed by atoms with van der Waals surface area (Å²) in [7, 11) is 2.09. The second-order valence-electron chi connectivity index (χ2n) is 6.33. The van der Waals surface area contributed by atoms with Gasteiger partial charge in [-0.2, -0.15) is 0 Å². The first-order valence-electron chi connectivity index (χ1n) is 8.32. The van der Waals surface area contributed by atoms with Gasteiger partial charge in [0.25, 0.3) is 0 Å². The molecule has 0 bridgehead atoms. The Bertz CT molecular complexity index is 665. The third-order valence-corrected chi connectivity index (χ3v) is 5.40. The summed E-state index contributed by atoms with van der Waals surface area (Å²) in [6.07, 6.45) is 1.14. The highest BCUT2D eigenvalue weighted by atomic mass is 32.1. The van der Waals surface area contributed by atoms with E-state index in [1.807, 2.05) is 28.5 Å². The third kappa shape index (κ3) is 4.41. The Morgan fingerprint density at radius 2 is 1.96 bits per heavy atom. The van der Waals surface area contributed by atoms with E-state index in [0.717, 1.165) is 43.3 Å². The summed E-state index contributed by atoms with van der Waals surface area (Å²) < 4.78 is 0. The molecule has 1 fully saturated rings. The van der Waals surface area contributed by atoms with Crippen molar-refractivity contribution >= 4 is 17.2 Å². The highest BCUT2D eigenvalue weighted by molar-refractivity contribution is 7.09. The molecular weight excluding hydrogens is 320 g/mol. The Morgan fingerprint density at radius 1 is 1.25 bits per heavy atom. The fourth-order valence-electron chi connectivity index (χ4n) is 2.85. The van der Waals surface area contributed by atoms with E-state index in [2.05, 4.69) is 29.1 Å². The lowest BCUT2D eigenvalue weighted by molar-refractivity contribution is -0.132. The fourth-order valence-corrected chi connectivity index (χ4v) is 3.67. The Kier molecular flexibility index (Phi) is 5.60. The van der Waals surface area contributed by atoms with Crippen LogP contribution in [0.15, 0.2) is 35.7 Å². The molecule has 1 saturated heterocycles. The number of nitrogens with zero attached hydrogens (tertiary/aromatic N) is 3. The number of carbonyl (C=O) groups is 1. The second kappa shape index (κ2) is 7.88. The predicted molar refractivity (Wildman–Crippen MR) is 97.0 cm³/mol. The number of nitrogens with two attached hydrogens (primary N) is 1. The van der Waals surface area contributed by atoms with Crippen LogP contribution in [0.3, 0.4) is 0 Å². The zero-order valence-electron chi connectivity index (χ0n) is 14.0. The molecule has 0 spiro atoms. The van der Waals surface area contributed by atoms with Gasteiger partial charge < -0.3 is 15.5 Å². The van der Waals surface area contributed by atoms with Gasteiger partial charge in [0.05, 0.1) is 18.2 Å². The molecule has 1 aliphatic heterocycles. The van der Waals surface area contributed by atoms with Crippen molar-refractivity contribution in [2.45, 2.75) is 18.9 Å². The number of likely N-dealkylation sites (N-methyl/N-ethyl adjacent to an activating group) is 1. The maximum Gasteiger partial charge on any atom is 0.228 e. The molecule has 0 aliphatic carbocycles. The van der Waals surface area contributed by atoms with E-state index >= 15 is 0 Å². The number of rotatable bonds is 5. The number of thiazole rings is 1. The standard InChI is InChI=1S/C18H24N4OS/c1-21-7-9-22(10-8-21)17(23)12-15-13-24-18(20-15)16(19)11-14-5-3-2-4-6-14/h2-6,13,16H,7-12,19H2,1H3. The van der Waals surface area contributed by atoms with Crippen molar-refractivity contribution in [2.75, 3.05) is 33.2 Å². The van der Waals surface area contributed by atoms with Gasteiger partial charge in [-0.25, -0.2) is 4.98 Å². The van der Waals surface area contributed by atoms with E-state index < -0.39 is 0 Å². The second-order valence-corrected chi connectivity index (χ2v) is 7.22. The molecule has 5 nitrogen and oxygen atoms in total. The first kappa shape index (κ1) is 17.1. The summed E-state index contributed by atoms with van der Waals surface area (Å²) in [6, 6.07) is 10.1. The topological polar surface area (TPSA) is 62.5 Å².